The van der Waals surface area contributed by atoms with Gasteiger partial charge in [0.15, 0.2) is 5.78 Å². The number of nitrogens with one attached hydrogen (secondary N) is 2. The third-order valence-corrected chi connectivity index (χ3v) is 18.5. The number of rotatable bonds is 26. The normalized spacial score (nSPS) is 25.0. The summed E-state index contributed by atoms with van der Waals surface area (Å²) >= 11 is 6.83. The third-order valence-electron chi connectivity index (χ3n) is 18.2. The molecule has 4 bridgehead atoms. The van der Waals surface area contributed by atoms with Crippen LogP contribution in [0.25, 0.3) is 0 Å². The molecule has 0 aromatic heterocycles. The van der Waals surface area contributed by atoms with Gasteiger partial charge in [0.25, 0.3) is 5.91 Å². The molecule has 3 heterocycles. The highest BCUT2D eigenvalue weighted by Crippen LogP contribution is 2.50. The van der Waals surface area contributed by atoms with Gasteiger partial charge in [0.2, 0.25) is 11.8 Å². The van der Waals surface area contributed by atoms with E-state index in [-0.39, 0.29) is 78.3 Å². The number of hydrogen-bond acceptors (Lipinski definition) is 15. The number of methoxy groups -OCH3 is 2. The van der Waals surface area contributed by atoms with E-state index < -0.39 is 138 Å². The van der Waals surface area contributed by atoms with Crippen molar-refractivity contribution in [1.82, 2.24) is 15.5 Å². The maximum absolute atomic E-state index is 15.2. The number of anilines is 1. The number of ketones is 3. The van der Waals surface area contributed by atoms with Crippen LogP contribution in [0, 0.1) is 23.7 Å². The molecule has 6 rings (SSSR count). The average molecular weight is 1280 g/mol. The van der Waals surface area contributed by atoms with Crippen molar-refractivity contribution in [3.05, 3.63) is 81.4 Å². The lowest BCUT2D eigenvalue weighted by Crippen LogP contribution is -2.53. The summed E-state index contributed by atoms with van der Waals surface area (Å²) in [6.45, 7) is 9.88. The van der Waals surface area contributed by atoms with Gasteiger partial charge in [0.1, 0.15) is 57.9 Å². The summed E-state index contributed by atoms with van der Waals surface area (Å²) in [5, 5.41) is 17.3. The number of unbranched alkanes of at least 4 members (excludes halogenated alkanes) is 3. The number of nitrogens with zero attached hydrogens (tertiary/aromatic N) is 2. The summed E-state index contributed by atoms with van der Waals surface area (Å²) < 4.78 is 75.0. The van der Waals surface area contributed by atoms with E-state index in [0.717, 1.165) is 68.2 Å². The second kappa shape index (κ2) is 31.6. The number of carbonyl (C=O) groups excluding carboxylic acids is 9. The predicted molar refractivity (Wildman–Crippen MR) is 328 cm³/mol. The number of epoxide rings is 1. The zero-order chi connectivity index (χ0) is 66.6. The van der Waals surface area contributed by atoms with Gasteiger partial charge in [0, 0.05) is 77.6 Å². The van der Waals surface area contributed by atoms with Crippen molar-refractivity contribution < 1.29 is 85.1 Å². The minimum absolute atomic E-state index is 0.00492. The number of likely N-dealkylation sites (N-methyl/N-ethyl adjacent to an activating group) is 1. The highest BCUT2D eigenvalue weighted by atomic mass is 35.5. The molecule has 5 N–H and O–H groups in total. The number of halogens is 4. The van der Waals surface area contributed by atoms with Crippen molar-refractivity contribution in [3.63, 3.8) is 0 Å². The lowest BCUT2D eigenvalue weighted by Gasteiger charge is -2.41. The van der Waals surface area contributed by atoms with Crippen LogP contribution < -0.4 is 26.0 Å². The number of aliphatic hydroxyl groups is 1. The summed E-state index contributed by atoms with van der Waals surface area (Å²) in [6, 6.07) is 2.36. The van der Waals surface area contributed by atoms with E-state index in [0.29, 0.717) is 36.7 Å². The van der Waals surface area contributed by atoms with Crippen molar-refractivity contribution in [2.24, 2.45) is 29.4 Å². The number of hydrogen-bond donors (Lipinski definition) is 4. The predicted octanol–water partition coefficient (Wildman–Crippen LogP) is 9.08. The van der Waals surface area contributed by atoms with Crippen LogP contribution in [0.3, 0.4) is 0 Å². The molecule has 2 aromatic carbocycles. The molecule has 0 spiro atoms. The fourth-order valence-electron chi connectivity index (χ4n) is 12.1. The van der Waals surface area contributed by atoms with E-state index in [1.807, 2.05) is 13.0 Å². The van der Waals surface area contributed by atoms with E-state index in [2.05, 4.69) is 10.6 Å². The molecular weight excluding hydrogens is 1200 g/mol. The minimum Gasteiger partial charge on any atom is -0.495 e. The Morgan fingerprint density at radius 3 is 2.30 bits per heavy atom. The standard InChI is InChI=1S/C66H89ClF3N5O15/c1-37(2)46(33-44(76)21-13-11-12-14-23-50(77)43-19-16-20-43)60(81)73-48(22-17-27-72-63(71)84)51(78)31-41-25-26-45(47(29-41)66(68,69)70)61(82)74(7)40(5)62(83)89-55-34-56(79)75(8)49-30-42(32-52(86-9)58(49)67)28-38(3)18-15-24-54(87-10)65(85)35-53(88-57(80)36-65)39(4)59-64(55,6)90-59/h15,18,24-26,29-30,32,37,39-40,43,46,48,53-55,59,85H,11-14,16-17,19-23,27-28,31,33-36H2,1-10H3,(H,73,81)(H3,71,72,84)/b24-15+,38-18+/t39-,40+,46+,48+,53+,54-,55+,59+,64+,65-/m1/s1. The first-order valence-corrected chi connectivity index (χ1v) is 31.4. The zero-order valence-electron chi connectivity index (χ0n) is 53.3. The number of fused-ring (bicyclic) bond motifs is 5. The van der Waals surface area contributed by atoms with Crippen LogP contribution >= 0.6 is 11.6 Å². The van der Waals surface area contributed by atoms with Crippen molar-refractivity contribution in [1.29, 1.82) is 0 Å². The van der Waals surface area contributed by atoms with E-state index in [1.54, 1.807) is 52.0 Å². The lowest BCUT2D eigenvalue weighted by atomic mass is 9.78. The zero-order valence-corrected chi connectivity index (χ0v) is 54.0. The monoisotopic (exact) mass is 1280 g/mol. The van der Waals surface area contributed by atoms with Gasteiger partial charge in [-0.25, -0.2) is 9.59 Å². The topological polar surface area (TPSA) is 280 Å². The van der Waals surface area contributed by atoms with Crippen molar-refractivity contribution >= 4 is 70.3 Å². The molecule has 5 amide bonds. The summed E-state index contributed by atoms with van der Waals surface area (Å²) in [6.07, 6.45) is 0.949. The highest BCUT2D eigenvalue weighted by Gasteiger charge is 2.64. The fourth-order valence-corrected chi connectivity index (χ4v) is 12.4. The smallest absolute Gasteiger partial charge is 0.417 e. The molecule has 1 aliphatic carbocycles. The van der Waals surface area contributed by atoms with Crippen LogP contribution in [0.4, 0.5) is 23.7 Å². The van der Waals surface area contributed by atoms with Crippen molar-refractivity contribution in [3.8, 4) is 5.75 Å². The number of urea groups is 1. The Bertz CT molecular complexity index is 3040. The number of nitrogens with two attached hydrogens (primary N) is 1. The maximum atomic E-state index is 15.2. The second-order valence-corrected chi connectivity index (χ2v) is 25.6. The molecule has 10 atom stereocenters. The Labute approximate surface area is 529 Å². The summed E-state index contributed by atoms with van der Waals surface area (Å²) in [7, 11) is 5.37. The van der Waals surface area contributed by atoms with Gasteiger partial charge in [-0.15, -0.1) is 0 Å². The van der Waals surface area contributed by atoms with E-state index in [4.69, 9.17) is 41.0 Å². The summed E-state index contributed by atoms with van der Waals surface area (Å²) in [5.74, 6) is -6.35. The number of Topliss-reactive ketones (excluding diaryl/α,β-unsaturated/α-hetero) is 3. The molecule has 24 heteroatoms. The Hall–Kier alpha value is -6.69. The number of amides is 5. The van der Waals surface area contributed by atoms with Gasteiger partial charge in [0.05, 0.1) is 48.9 Å². The van der Waals surface area contributed by atoms with Crippen LogP contribution in [0.15, 0.2) is 54.1 Å². The second-order valence-electron chi connectivity index (χ2n) is 25.2. The van der Waals surface area contributed by atoms with Crippen molar-refractivity contribution in [2.75, 3.05) is 39.8 Å². The lowest BCUT2D eigenvalue weighted by molar-refractivity contribution is -0.187. The van der Waals surface area contributed by atoms with Crippen LogP contribution in [0.2, 0.25) is 5.02 Å². The van der Waals surface area contributed by atoms with Crippen LogP contribution in [-0.4, -0.2) is 146 Å². The number of benzene rings is 2. The van der Waals surface area contributed by atoms with Crippen molar-refractivity contribution in [2.45, 2.75) is 205 Å². The number of esters is 2. The third kappa shape index (κ3) is 18.7. The van der Waals surface area contributed by atoms with Crippen LogP contribution in [-0.2, 0) is 71.5 Å². The van der Waals surface area contributed by atoms with Crippen LogP contribution in [0.5, 0.6) is 5.75 Å². The molecular formula is C66H89ClF3N5O15. The van der Waals surface area contributed by atoms with Gasteiger partial charge in [-0.2, -0.15) is 13.2 Å². The van der Waals surface area contributed by atoms with Gasteiger partial charge in [-0.3, -0.25) is 33.6 Å². The molecule has 2 saturated heterocycles. The molecule has 90 heavy (non-hydrogen) atoms. The number of primary amides is 1. The maximum Gasteiger partial charge on any atom is 0.417 e. The fraction of sp³-hybridized carbons (Fsp3) is 0.621. The molecule has 496 valence electrons. The SMILES string of the molecule is COc1cc2cc(c1Cl)N(C)C(=O)C[C@H](OC(=O)[C@H](C)N(C)C(=O)c1ccc(CC(=O)[C@H](CCCNC(N)=O)NC(=O)[C@@H](CC(=O)CCCCCCC(=O)C3CCC3)C(C)C)cc1C(F)(F)F)[C@]1(C)O[C@H]1[C@H](C)[C@@H]1C[C@@](O)(CC(=O)O1)[C@H](OC)/C=C/C=C(\C)C2. The number of alkyl halides is 3. The largest absolute Gasteiger partial charge is 0.495 e. The first kappa shape index (κ1) is 72.4. The molecule has 20 nitrogen and oxygen atoms in total. The van der Waals surface area contributed by atoms with Gasteiger partial charge < -0.3 is 55.0 Å². The average Bonchev–Trinajstić information content (AvgIpc) is 1.57. The first-order valence-electron chi connectivity index (χ1n) is 31.0. The molecule has 2 aromatic rings. The Morgan fingerprint density at radius 2 is 1.68 bits per heavy atom. The molecule has 0 radical (unpaired) electrons. The summed E-state index contributed by atoms with van der Waals surface area (Å²) in [5.41, 5.74) is 1.32. The number of ether oxygens (including phenoxy) is 5. The minimum atomic E-state index is -5.18. The molecule has 1 saturated carbocycles. The van der Waals surface area contributed by atoms with E-state index >= 15 is 13.2 Å². The Morgan fingerprint density at radius 1 is 0.989 bits per heavy atom. The molecule has 3 aliphatic heterocycles. The van der Waals surface area contributed by atoms with E-state index in [1.165, 1.54) is 33.1 Å². The van der Waals surface area contributed by atoms with Crippen LogP contribution in [0.1, 0.15) is 165 Å². The Kier molecular flexibility index (Phi) is 25.4. The van der Waals surface area contributed by atoms with Gasteiger partial charge >= 0.3 is 24.1 Å². The van der Waals surface area contributed by atoms with Gasteiger partial charge in [-0.1, -0.05) is 81.5 Å². The quantitative estimate of drug-likeness (QED) is 0.0388. The van der Waals surface area contributed by atoms with Gasteiger partial charge in [-0.05, 0) is 107 Å². The number of allylic oxidation sites excluding steroid dienone is 3. The first-order chi connectivity index (χ1) is 42.3. The van der Waals surface area contributed by atoms with E-state index in [9.17, 15) is 48.3 Å². The number of carbonyl (C=O) groups is 9. The Balaban J connectivity index is 1.20. The highest BCUT2D eigenvalue weighted by molar-refractivity contribution is 6.35. The molecule has 0 unspecified atom stereocenters. The molecule has 3 fully saturated rings. The summed E-state index contributed by atoms with van der Waals surface area (Å²) in [4.78, 5) is 123. The molecule has 4 aliphatic rings.